The Morgan fingerprint density at radius 1 is 1.10 bits per heavy atom. The van der Waals surface area contributed by atoms with Gasteiger partial charge in [0.15, 0.2) is 11.5 Å². The average Bonchev–Trinajstić information content (AvgIpc) is 3.28. The van der Waals surface area contributed by atoms with Gasteiger partial charge in [0.05, 0.1) is 24.3 Å². The van der Waals surface area contributed by atoms with Gasteiger partial charge < -0.3 is 24.8 Å². The van der Waals surface area contributed by atoms with Crippen LogP contribution in [0.4, 0.5) is 4.79 Å². The molecule has 3 heterocycles. The Morgan fingerprint density at radius 3 is 2.43 bits per heavy atom. The van der Waals surface area contributed by atoms with Crippen LogP contribution in [0.3, 0.4) is 0 Å². The molecule has 1 atom stereocenters. The second-order valence-electron chi connectivity index (χ2n) is 12.7. The molecule has 0 saturated carbocycles. The first-order valence-electron chi connectivity index (χ1n) is 14.5. The lowest BCUT2D eigenvalue weighted by atomic mass is 9.80. The van der Waals surface area contributed by atoms with E-state index in [4.69, 9.17) is 14.6 Å². The summed E-state index contributed by atoms with van der Waals surface area (Å²) in [5.74, 6) is 1.12. The molecule has 0 aliphatic carbocycles. The van der Waals surface area contributed by atoms with Crippen LogP contribution in [0.2, 0.25) is 0 Å². The van der Waals surface area contributed by atoms with Crippen molar-refractivity contribution in [3.8, 4) is 11.5 Å². The maximum atomic E-state index is 13.6. The summed E-state index contributed by atoms with van der Waals surface area (Å²) < 4.78 is 11.8. The molecule has 0 bridgehead atoms. The fourth-order valence-electron chi connectivity index (χ4n) is 6.22. The zero-order valence-corrected chi connectivity index (χ0v) is 25.0. The topological polar surface area (TPSA) is 121 Å². The summed E-state index contributed by atoms with van der Waals surface area (Å²) in [4.78, 5) is 40.2. The normalized spacial score (nSPS) is 20.3. The number of hydrogen-bond acceptors (Lipinski definition) is 6. The van der Waals surface area contributed by atoms with Gasteiger partial charge in [0.25, 0.3) is 0 Å². The van der Waals surface area contributed by atoms with Crippen LogP contribution >= 0.6 is 0 Å². The van der Waals surface area contributed by atoms with Crippen LogP contribution in [-0.4, -0.2) is 76.5 Å². The number of carboxylic acid groups (broad SMARTS) is 1. The zero-order chi connectivity index (χ0) is 30.2. The number of carbonyl (C=O) groups is 3. The second-order valence-corrected chi connectivity index (χ2v) is 12.7. The number of benzene rings is 2. The molecule has 42 heavy (non-hydrogen) atoms. The number of ether oxygens (including phenoxy) is 2. The minimum Gasteiger partial charge on any atom is -0.493 e. The van der Waals surface area contributed by atoms with E-state index < -0.39 is 17.6 Å². The predicted octanol–water partition coefficient (Wildman–Crippen LogP) is 4.24. The van der Waals surface area contributed by atoms with Gasteiger partial charge in [-0.3, -0.25) is 9.59 Å². The van der Waals surface area contributed by atoms with Crippen LogP contribution in [0.25, 0.3) is 0 Å². The number of hydrogen-bond donors (Lipinski definition) is 2. The monoisotopic (exact) mass is 576 g/mol. The molecule has 5 rings (SSSR count). The van der Waals surface area contributed by atoms with E-state index >= 15 is 0 Å². The van der Waals surface area contributed by atoms with Crippen molar-refractivity contribution in [2.24, 2.45) is 10.5 Å². The van der Waals surface area contributed by atoms with Crippen molar-refractivity contribution in [2.75, 3.05) is 20.2 Å². The summed E-state index contributed by atoms with van der Waals surface area (Å²) in [6, 6.07) is 12.2. The number of carbonyl (C=O) groups excluding carboxylic acids is 2. The fraction of sp³-hybridized carbons (Fsp3) is 0.500. The van der Waals surface area contributed by atoms with Gasteiger partial charge in [0.1, 0.15) is 11.6 Å². The Morgan fingerprint density at radius 2 is 1.79 bits per heavy atom. The maximum Gasteiger partial charge on any atom is 0.405 e. The van der Waals surface area contributed by atoms with E-state index in [1.165, 1.54) is 0 Å². The number of likely N-dealkylation sites (tertiary alicyclic amines) is 1. The van der Waals surface area contributed by atoms with Crippen LogP contribution in [0.15, 0.2) is 47.6 Å². The van der Waals surface area contributed by atoms with Crippen molar-refractivity contribution in [1.82, 2.24) is 15.2 Å². The predicted molar refractivity (Wildman–Crippen MR) is 158 cm³/mol. The number of piperidine rings is 1. The van der Waals surface area contributed by atoms with Crippen molar-refractivity contribution in [3.05, 3.63) is 59.2 Å². The first-order valence-corrected chi connectivity index (χ1v) is 14.5. The third-order valence-electron chi connectivity index (χ3n) is 8.36. The number of amides is 3. The lowest BCUT2D eigenvalue weighted by Crippen LogP contribution is -2.55. The van der Waals surface area contributed by atoms with Crippen molar-refractivity contribution in [3.63, 3.8) is 0 Å². The number of methoxy groups -OCH3 is 1. The number of nitrogens with zero attached hydrogens (tertiary/aromatic N) is 3. The summed E-state index contributed by atoms with van der Waals surface area (Å²) in [6.07, 6.45) is 1.34. The van der Waals surface area contributed by atoms with E-state index in [0.29, 0.717) is 44.5 Å². The van der Waals surface area contributed by atoms with E-state index in [1.807, 2.05) is 70.2 Å². The lowest BCUT2D eigenvalue weighted by molar-refractivity contribution is -0.145. The van der Waals surface area contributed by atoms with Gasteiger partial charge in [-0.25, -0.2) is 9.80 Å². The van der Waals surface area contributed by atoms with E-state index in [-0.39, 0.29) is 29.9 Å². The number of fused-ring (bicyclic) bond motifs is 1. The molecule has 0 unspecified atom stereocenters. The molecule has 10 heteroatoms. The van der Waals surface area contributed by atoms with Crippen LogP contribution in [0.1, 0.15) is 63.6 Å². The summed E-state index contributed by atoms with van der Waals surface area (Å²) in [6.45, 7) is 8.81. The van der Waals surface area contributed by atoms with Crippen molar-refractivity contribution >= 4 is 23.6 Å². The third-order valence-corrected chi connectivity index (χ3v) is 8.36. The molecule has 3 aliphatic heterocycles. The second kappa shape index (κ2) is 11.3. The van der Waals surface area contributed by atoms with Crippen LogP contribution in [0.5, 0.6) is 11.5 Å². The number of nitrogens with one attached hydrogen (secondary N) is 1. The Kier molecular flexibility index (Phi) is 7.92. The van der Waals surface area contributed by atoms with E-state index in [2.05, 4.69) is 5.32 Å². The SMILES string of the molecule is COc1ccc(C2=NN(C3CCN(C(=O)[C@@H](Cc4ccccc4)NC(=O)O)CC3)C(=O)C(C)(C)C2)c2c1OC(C)(C)C2. The summed E-state index contributed by atoms with van der Waals surface area (Å²) in [7, 11) is 1.63. The standard InChI is InChI=1S/C32H40N4O6/c1-31(2)19-25(22-11-12-26(41-5)27-23(22)18-32(3,4)42-27)34-36(29(31)38)21-13-15-35(16-14-21)28(37)24(33-30(39)40)17-20-9-7-6-8-10-20/h6-12,21,24,33H,13-19H2,1-5H3,(H,39,40)/t24-/m1/s1. The molecule has 224 valence electrons. The van der Waals surface area contributed by atoms with Crippen LogP contribution < -0.4 is 14.8 Å². The number of rotatable bonds is 7. The van der Waals surface area contributed by atoms with Gasteiger partial charge in [-0.05, 0) is 44.4 Å². The summed E-state index contributed by atoms with van der Waals surface area (Å²) in [5, 5.41) is 18.4. The quantitative estimate of drug-likeness (QED) is 0.509. The Hall–Kier alpha value is -4.08. The summed E-state index contributed by atoms with van der Waals surface area (Å²) >= 11 is 0. The van der Waals surface area contributed by atoms with Gasteiger partial charge in [-0.1, -0.05) is 44.2 Å². The molecule has 3 amide bonds. The molecule has 0 spiro atoms. The molecule has 3 aliphatic rings. The highest BCUT2D eigenvalue weighted by Crippen LogP contribution is 2.45. The largest absolute Gasteiger partial charge is 0.493 e. The molecule has 0 radical (unpaired) electrons. The minimum atomic E-state index is -1.24. The molecule has 2 aromatic rings. The Bertz CT molecular complexity index is 1400. The van der Waals surface area contributed by atoms with Gasteiger partial charge >= 0.3 is 6.09 Å². The first kappa shape index (κ1) is 29.4. The first-order chi connectivity index (χ1) is 19.9. The molecule has 1 fully saturated rings. The minimum absolute atomic E-state index is 0.0349. The molecule has 1 saturated heterocycles. The third kappa shape index (κ3) is 5.93. The molecular formula is C32H40N4O6. The van der Waals surface area contributed by atoms with Crippen LogP contribution in [0, 0.1) is 5.41 Å². The van der Waals surface area contributed by atoms with Crippen molar-refractivity contribution in [1.29, 1.82) is 0 Å². The van der Waals surface area contributed by atoms with E-state index in [1.54, 1.807) is 17.0 Å². The van der Waals surface area contributed by atoms with Gasteiger partial charge in [-0.15, -0.1) is 0 Å². The van der Waals surface area contributed by atoms with E-state index in [9.17, 15) is 19.5 Å². The Labute approximate surface area is 246 Å². The smallest absolute Gasteiger partial charge is 0.405 e. The van der Waals surface area contributed by atoms with Crippen molar-refractivity contribution < 1.29 is 29.0 Å². The fourth-order valence-corrected chi connectivity index (χ4v) is 6.22. The molecular weight excluding hydrogens is 536 g/mol. The number of hydrazone groups is 1. The van der Waals surface area contributed by atoms with E-state index in [0.717, 1.165) is 28.2 Å². The molecule has 2 aromatic carbocycles. The highest BCUT2D eigenvalue weighted by Gasteiger charge is 2.44. The van der Waals surface area contributed by atoms with Gasteiger partial charge in [-0.2, -0.15) is 5.10 Å². The molecule has 0 aromatic heterocycles. The summed E-state index contributed by atoms with van der Waals surface area (Å²) in [5.41, 5.74) is 2.70. The molecule has 2 N–H and O–H groups in total. The molecule has 10 nitrogen and oxygen atoms in total. The average molecular weight is 577 g/mol. The Balaban J connectivity index is 1.35. The lowest BCUT2D eigenvalue weighted by Gasteiger charge is -2.42. The highest BCUT2D eigenvalue weighted by atomic mass is 16.5. The zero-order valence-electron chi connectivity index (χ0n) is 25.0. The maximum absolute atomic E-state index is 13.6. The van der Waals surface area contributed by atoms with Gasteiger partial charge in [0, 0.05) is 43.5 Å². The van der Waals surface area contributed by atoms with Crippen LogP contribution in [-0.2, 0) is 22.4 Å². The highest BCUT2D eigenvalue weighted by molar-refractivity contribution is 6.07. The van der Waals surface area contributed by atoms with Gasteiger partial charge in [0.2, 0.25) is 11.8 Å². The van der Waals surface area contributed by atoms with Crippen molar-refractivity contribution in [2.45, 2.75) is 77.5 Å².